The summed E-state index contributed by atoms with van der Waals surface area (Å²) in [6, 6.07) is 3.86. The maximum atomic E-state index is 5.71. The number of aryl methyl sites for hydroxylation is 1. The Labute approximate surface area is 121 Å². The molecule has 0 unspecified atom stereocenters. The Balaban J connectivity index is 3.02. The van der Waals surface area contributed by atoms with Crippen molar-refractivity contribution in [2.75, 3.05) is 31.7 Å². The molecule has 0 bridgehead atoms. The van der Waals surface area contributed by atoms with E-state index in [-0.39, 0.29) is 0 Å². The van der Waals surface area contributed by atoms with Crippen LogP contribution in [0.15, 0.2) is 12.1 Å². The van der Waals surface area contributed by atoms with Gasteiger partial charge in [-0.25, -0.2) is 4.98 Å². The van der Waals surface area contributed by atoms with Crippen molar-refractivity contribution in [3.63, 3.8) is 0 Å². The minimum absolute atomic E-state index is 0.406. The van der Waals surface area contributed by atoms with Gasteiger partial charge in [-0.15, -0.1) is 0 Å². The third-order valence-electron chi connectivity index (χ3n) is 2.70. The molecule has 4 nitrogen and oxygen atoms in total. The number of hydrogen-bond acceptors (Lipinski definition) is 4. The molecule has 2 N–H and O–H groups in total. The number of thiocarbonyl (C=S) groups is 1. The molecule has 0 saturated carbocycles. The van der Waals surface area contributed by atoms with E-state index in [0.717, 1.165) is 30.2 Å². The standard InChI is InChI=1S/C14H23N3OS/c1-10(2)9-17(5-6-18-4)13-8-12(14(15)19)7-11(3)16-13/h7-8,10H,5-6,9H2,1-4H3,(H2,15,19). The van der Waals surface area contributed by atoms with Gasteiger partial charge in [-0.1, -0.05) is 26.1 Å². The first-order chi connectivity index (χ1) is 8.93. The Kier molecular flexibility index (Phi) is 6.18. The van der Waals surface area contributed by atoms with E-state index in [0.29, 0.717) is 17.5 Å². The topological polar surface area (TPSA) is 51.4 Å². The summed E-state index contributed by atoms with van der Waals surface area (Å²) in [5.74, 6) is 1.46. The van der Waals surface area contributed by atoms with E-state index in [1.54, 1.807) is 7.11 Å². The molecule has 1 heterocycles. The van der Waals surface area contributed by atoms with E-state index in [1.807, 2.05) is 19.1 Å². The van der Waals surface area contributed by atoms with Gasteiger partial charge in [0.05, 0.1) is 6.61 Å². The van der Waals surface area contributed by atoms with Crippen LogP contribution in [0.1, 0.15) is 25.1 Å². The van der Waals surface area contributed by atoms with Gasteiger partial charge in [0, 0.05) is 31.5 Å². The van der Waals surface area contributed by atoms with Gasteiger partial charge >= 0.3 is 0 Å². The fraction of sp³-hybridized carbons (Fsp3) is 0.571. The molecule has 1 aromatic heterocycles. The molecule has 0 aliphatic heterocycles. The zero-order valence-corrected chi connectivity index (χ0v) is 13.0. The zero-order chi connectivity index (χ0) is 14.4. The van der Waals surface area contributed by atoms with Crippen molar-refractivity contribution in [1.82, 2.24) is 4.98 Å². The molecule has 1 aromatic rings. The van der Waals surface area contributed by atoms with Crippen molar-refractivity contribution < 1.29 is 4.74 Å². The molecule has 0 fully saturated rings. The first-order valence-corrected chi connectivity index (χ1v) is 6.87. The normalized spacial score (nSPS) is 10.8. The molecular formula is C14H23N3OS. The minimum Gasteiger partial charge on any atom is -0.389 e. The number of nitrogens with zero attached hydrogens (tertiary/aromatic N) is 2. The summed E-state index contributed by atoms with van der Waals surface area (Å²) in [6.07, 6.45) is 0. The van der Waals surface area contributed by atoms with Crippen molar-refractivity contribution in [3.05, 3.63) is 23.4 Å². The van der Waals surface area contributed by atoms with Gasteiger partial charge in [0.25, 0.3) is 0 Å². The lowest BCUT2D eigenvalue weighted by Gasteiger charge is -2.26. The van der Waals surface area contributed by atoms with Gasteiger partial charge in [-0.3, -0.25) is 0 Å². The molecule has 1 rings (SSSR count). The Morgan fingerprint density at radius 2 is 2.16 bits per heavy atom. The molecule has 0 aliphatic carbocycles. The number of ether oxygens (including phenoxy) is 1. The molecule has 0 radical (unpaired) electrons. The number of rotatable bonds is 7. The smallest absolute Gasteiger partial charge is 0.129 e. The molecular weight excluding hydrogens is 258 g/mol. The molecule has 0 aromatic carbocycles. The van der Waals surface area contributed by atoms with Crippen LogP contribution in [-0.2, 0) is 4.74 Å². The monoisotopic (exact) mass is 281 g/mol. The molecule has 0 aliphatic rings. The Bertz CT molecular complexity index is 435. The highest BCUT2D eigenvalue weighted by atomic mass is 32.1. The summed E-state index contributed by atoms with van der Waals surface area (Å²) in [5, 5.41) is 0. The van der Waals surface area contributed by atoms with Crippen LogP contribution < -0.4 is 10.6 Å². The number of aromatic nitrogens is 1. The second-order valence-corrected chi connectivity index (χ2v) is 5.49. The van der Waals surface area contributed by atoms with Gasteiger partial charge in [0.1, 0.15) is 10.8 Å². The maximum absolute atomic E-state index is 5.71. The number of hydrogen-bond donors (Lipinski definition) is 1. The van der Waals surface area contributed by atoms with E-state index in [9.17, 15) is 0 Å². The van der Waals surface area contributed by atoms with Crippen molar-refractivity contribution in [1.29, 1.82) is 0 Å². The van der Waals surface area contributed by atoms with Crippen LogP contribution in [-0.4, -0.2) is 36.8 Å². The lowest BCUT2D eigenvalue weighted by Crippen LogP contribution is -2.32. The first-order valence-electron chi connectivity index (χ1n) is 6.46. The van der Waals surface area contributed by atoms with E-state index in [4.69, 9.17) is 22.7 Å². The summed E-state index contributed by atoms with van der Waals surface area (Å²) in [5.41, 5.74) is 7.50. The molecule has 0 atom stereocenters. The third-order valence-corrected chi connectivity index (χ3v) is 2.93. The molecule has 106 valence electrons. The van der Waals surface area contributed by atoms with Gasteiger partial charge in [-0.2, -0.15) is 0 Å². The van der Waals surface area contributed by atoms with Crippen LogP contribution in [0.5, 0.6) is 0 Å². The van der Waals surface area contributed by atoms with E-state index in [1.165, 1.54) is 0 Å². The maximum Gasteiger partial charge on any atom is 0.129 e. The van der Waals surface area contributed by atoms with Crippen LogP contribution >= 0.6 is 12.2 Å². The average Bonchev–Trinajstić information content (AvgIpc) is 2.33. The number of methoxy groups -OCH3 is 1. The lowest BCUT2D eigenvalue weighted by molar-refractivity contribution is 0.204. The molecule has 0 saturated heterocycles. The van der Waals surface area contributed by atoms with E-state index in [2.05, 4.69) is 23.7 Å². The number of pyridine rings is 1. The van der Waals surface area contributed by atoms with Gasteiger partial charge in [-0.05, 0) is 25.0 Å². The molecule has 0 amide bonds. The molecule has 5 heteroatoms. The fourth-order valence-electron chi connectivity index (χ4n) is 1.90. The van der Waals surface area contributed by atoms with Crippen molar-refractivity contribution in [3.8, 4) is 0 Å². The summed E-state index contributed by atoms with van der Waals surface area (Å²) in [6.45, 7) is 8.73. The molecule has 19 heavy (non-hydrogen) atoms. The quantitative estimate of drug-likeness (QED) is 0.776. The number of anilines is 1. The summed E-state index contributed by atoms with van der Waals surface area (Å²) in [4.78, 5) is 7.19. The Morgan fingerprint density at radius 1 is 1.47 bits per heavy atom. The predicted molar refractivity (Wildman–Crippen MR) is 83.8 cm³/mol. The summed E-state index contributed by atoms with van der Waals surface area (Å²) >= 11 is 5.05. The summed E-state index contributed by atoms with van der Waals surface area (Å²) in [7, 11) is 1.71. The van der Waals surface area contributed by atoms with Crippen LogP contribution in [0.4, 0.5) is 5.82 Å². The van der Waals surface area contributed by atoms with Crippen molar-refractivity contribution in [2.45, 2.75) is 20.8 Å². The average molecular weight is 281 g/mol. The van der Waals surface area contributed by atoms with Crippen molar-refractivity contribution in [2.24, 2.45) is 11.7 Å². The highest BCUT2D eigenvalue weighted by Gasteiger charge is 2.12. The van der Waals surface area contributed by atoms with Gasteiger partial charge in [0.2, 0.25) is 0 Å². The van der Waals surface area contributed by atoms with Crippen LogP contribution in [0.3, 0.4) is 0 Å². The second-order valence-electron chi connectivity index (χ2n) is 5.05. The van der Waals surface area contributed by atoms with Crippen LogP contribution in [0, 0.1) is 12.8 Å². The van der Waals surface area contributed by atoms with Gasteiger partial charge in [0.15, 0.2) is 0 Å². The third kappa shape index (κ3) is 5.12. The van der Waals surface area contributed by atoms with E-state index >= 15 is 0 Å². The Hall–Kier alpha value is -1.20. The lowest BCUT2D eigenvalue weighted by atomic mass is 10.2. The van der Waals surface area contributed by atoms with E-state index < -0.39 is 0 Å². The largest absolute Gasteiger partial charge is 0.389 e. The van der Waals surface area contributed by atoms with Crippen LogP contribution in [0.2, 0.25) is 0 Å². The number of nitrogens with two attached hydrogens (primary N) is 1. The highest BCUT2D eigenvalue weighted by molar-refractivity contribution is 7.80. The van der Waals surface area contributed by atoms with Crippen LogP contribution in [0.25, 0.3) is 0 Å². The second kappa shape index (κ2) is 7.40. The first kappa shape index (κ1) is 15.9. The van der Waals surface area contributed by atoms with Crippen molar-refractivity contribution >= 4 is 23.0 Å². The zero-order valence-electron chi connectivity index (χ0n) is 12.1. The predicted octanol–water partition coefficient (Wildman–Crippen LogP) is 2.13. The SMILES string of the molecule is COCCN(CC(C)C)c1cc(C(N)=S)cc(C)n1. The Morgan fingerprint density at radius 3 is 2.68 bits per heavy atom. The fourth-order valence-corrected chi connectivity index (χ4v) is 2.01. The minimum atomic E-state index is 0.406. The van der Waals surface area contributed by atoms with Gasteiger partial charge < -0.3 is 15.4 Å². The highest BCUT2D eigenvalue weighted by Crippen LogP contribution is 2.16. The molecule has 0 spiro atoms. The summed E-state index contributed by atoms with van der Waals surface area (Å²) < 4.78 is 5.16.